The van der Waals surface area contributed by atoms with Crippen LogP contribution in [-0.4, -0.2) is 36.0 Å². The molecule has 0 bridgehead atoms. The number of urea groups is 1. The highest BCUT2D eigenvalue weighted by atomic mass is 35.5. The molecule has 6 heteroatoms. The third kappa shape index (κ3) is 4.63. The van der Waals surface area contributed by atoms with Crippen molar-refractivity contribution in [3.8, 4) is 0 Å². The molecule has 2 N–H and O–H groups in total. The number of anilines is 1. The predicted octanol–water partition coefficient (Wildman–Crippen LogP) is 2.86. The fraction of sp³-hybridized carbons (Fsp3) is 0.467. The molecule has 1 fully saturated rings. The summed E-state index contributed by atoms with van der Waals surface area (Å²) < 4.78 is 0. The Labute approximate surface area is 129 Å². The molecule has 1 atom stereocenters. The van der Waals surface area contributed by atoms with E-state index in [-0.39, 0.29) is 5.91 Å². The zero-order chi connectivity index (χ0) is 15.2. The van der Waals surface area contributed by atoms with E-state index in [2.05, 4.69) is 10.6 Å². The second-order valence-corrected chi connectivity index (χ2v) is 5.65. The van der Waals surface area contributed by atoms with Crippen LogP contribution in [0.25, 0.3) is 0 Å². The molecule has 2 rings (SSSR count). The molecule has 0 aromatic heterocycles. The molecule has 0 saturated carbocycles. The summed E-state index contributed by atoms with van der Waals surface area (Å²) in [5.41, 5.74) is 0.595. The first-order valence-corrected chi connectivity index (χ1v) is 7.56. The lowest BCUT2D eigenvalue weighted by molar-refractivity contribution is -0.133. The predicted molar refractivity (Wildman–Crippen MR) is 83.5 cm³/mol. The van der Waals surface area contributed by atoms with Gasteiger partial charge < -0.3 is 15.5 Å². The highest BCUT2D eigenvalue weighted by Crippen LogP contribution is 2.15. The number of halogens is 1. The molecule has 0 spiro atoms. The summed E-state index contributed by atoms with van der Waals surface area (Å²) in [5.74, 6) is -0.0315. The fourth-order valence-electron chi connectivity index (χ4n) is 2.38. The summed E-state index contributed by atoms with van der Waals surface area (Å²) in [5, 5.41) is 5.87. The summed E-state index contributed by atoms with van der Waals surface area (Å²) in [6.07, 6.45) is 3.24. The number of piperidine rings is 1. The van der Waals surface area contributed by atoms with Crippen LogP contribution in [0.4, 0.5) is 10.5 Å². The first-order valence-electron chi connectivity index (χ1n) is 7.18. The molecule has 21 heavy (non-hydrogen) atoms. The zero-order valence-corrected chi connectivity index (χ0v) is 12.8. The molecule has 0 aliphatic carbocycles. The minimum Gasteiger partial charge on any atom is -0.341 e. The van der Waals surface area contributed by atoms with Crippen LogP contribution in [-0.2, 0) is 4.79 Å². The van der Waals surface area contributed by atoms with Crippen molar-refractivity contribution >= 4 is 29.2 Å². The number of hydrogen-bond donors (Lipinski definition) is 2. The van der Waals surface area contributed by atoms with Crippen LogP contribution in [0.15, 0.2) is 24.3 Å². The Balaban J connectivity index is 1.85. The van der Waals surface area contributed by atoms with Crippen molar-refractivity contribution in [2.45, 2.75) is 32.2 Å². The fourth-order valence-corrected chi connectivity index (χ4v) is 2.57. The molecule has 1 aromatic carbocycles. The van der Waals surface area contributed by atoms with E-state index in [1.807, 2.05) is 4.90 Å². The molecule has 1 aliphatic heterocycles. The highest BCUT2D eigenvalue weighted by Gasteiger charge is 2.23. The molecule has 1 aromatic rings. The van der Waals surface area contributed by atoms with Gasteiger partial charge in [0, 0.05) is 23.8 Å². The van der Waals surface area contributed by atoms with Gasteiger partial charge in [0.25, 0.3) is 0 Å². The van der Waals surface area contributed by atoms with E-state index >= 15 is 0 Å². The number of hydrogen-bond acceptors (Lipinski definition) is 2. The number of amides is 3. The lowest BCUT2D eigenvalue weighted by Gasteiger charge is -2.29. The Morgan fingerprint density at radius 1 is 1.24 bits per heavy atom. The first kappa shape index (κ1) is 15.6. The lowest BCUT2D eigenvalue weighted by atomic mass is 10.1. The Bertz CT molecular complexity index is 515. The molecule has 114 valence electrons. The Morgan fingerprint density at radius 3 is 2.62 bits per heavy atom. The number of benzene rings is 1. The maximum absolute atomic E-state index is 12.2. The number of likely N-dealkylation sites (tertiary alicyclic amines) is 1. The second-order valence-electron chi connectivity index (χ2n) is 5.22. The summed E-state index contributed by atoms with van der Waals surface area (Å²) in [6.45, 7) is 3.26. The van der Waals surface area contributed by atoms with Crippen molar-refractivity contribution < 1.29 is 9.59 Å². The van der Waals surface area contributed by atoms with Gasteiger partial charge in [-0.05, 0) is 44.4 Å². The maximum atomic E-state index is 12.2. The van der Waals surface area contributed by atoms with E-state index in [1.54, 1.807) is 31.2 Å². The summed E-state index contributed by atoms with van der Waals surface area (Å²) in [4.78, 5) is 25.9. The van der Waals surface area contributed by atoms with Crippen molar-refractivity contribution in [1.29, 1.82) is 0 Å². The van der Waals surface area contributed by atoms with E-state index in [1.165, 1.54) is 6.42 Å². The van der Waals surface area contributed by atoms with Gasteiger partial charge in [0.05, 0.1) is 0 Å². The second kappa shape index (κ2) is 7.31. The van der Waals surface area contributed by atoms with Gasteiger partial charge in [0.2, 0.25) is 5.91 Å². The minimum atomic E-state index is -0.540. The lowest BCUT2D eigenvalue weighted by Crippen LogP contribution is -2.49. The SMILES string of the molecule is C[C@H](NC(=O)Nc1cccc(Cl)c1)C(=O)N1CCCCC1. The molecule has 1 saturated heterocycles. The van der Waals surface area contributed by atoms with Gasteiger partial charge >= 0.3 is 6.03 Å². The van der Waals surface area contributed by atoms with Crippen LogP contribution in [0.5, 0.6) is 0 Å². The average Bonchev–Trinajstić information content (AvgIpc) is 2.47. The van der Waals surface area contributed by atoms with Crippen LogP contribution in [0.2, 0.25) is 5.02 Å². The van der Waals surface area contributed by atoms with E-state index in [0.717, 1.165) is 25.9 Å². The molecular formula is C15H20ClN3O2. The number of rotatable bonds is 3. The maximum Gasteiger partial charge on any atom is 0.319 e. The van der Waals surface area contributed by atoms with Gasteiger partial charge in [0.1, 0.15) is 6.04 Å². The standard InChI is InChI=1S/C15H20ClN3O2/c1-11(14(20)19-8-3-2-4-9-19)17-15(21)18-13-7-5-6-12(16)10-13/h5-7,10-11H,2-4,8-9H2,1H3,(H2,17,18,21)/t11-/m0/s1. The van der Waals surface area contributed by atoms with Crippen molar-refractivity contribution in [1.82, 2.24) is 10.2 Å². The highest BCUT2D eigenvalue weighted by molar-refractivity contribution is 6.30. The van der Waals surface area contributed by atoms with Crippen molar-refractivity contribution in [3.63, 3.8) is 0 Å². The van der Waals surface area contributed by atoms with Gasteiger partial charge in [0.15, 0.2) is 0 Å². The van der Waals surface area contributed by atoms with Crippen LogP contribution < -0.4 is 10.6 Å². The number of carbonyl (C=O) groups excluding carboxylic acids is 2. The molecular weight excluding hydrogens is 290 g/mol. The van der Waals surface area contributed by atoms with Crippen molar-refractivity contribution in [2.24, 2.45) is 0 Å². The number of nitrogens with zero attached hydrogens (tertiary/aromatic N) is 1. The monoisotopic (exact) mass is 309 g/mol. The van der Waals surface area contributed by atoms with Crippen molar-refractivity contribution in [3.05, 3.63) is 29.3 Å². The van der Waals surface area contributed by atoms with Gasteiger partial charge in [-0.25, -0.2) is 4.79 Å². The topological polar surface area (TPSA) is 61.4 Å². The zero-order valence-electron chi connectivity index (χ0n) is 12.1. The third-order valence-electron chi connectivity index (χ3n) is 3.47. The van der Waals surface area contributed by atoms with E-state index < -0.39 is 12.1 Å². The normalized spacial score (nSPS) is 16.2. The number of nitrogens with one attached hydrogen (secondary N) is 2. The van der Waals surface area contributed by atoms with E-state index in [9.17, 15) is 9.59 Å². The quantitative estimate of drug-likeness (QED) is 0.902. The Hall–Kier alpha value is -1.75. The average molecular weight is 310 g/mol. The first-order chi connectivity index (χ1) is 10.1. The number of carbonyl (C=O) groups is 2. The van der Waals surface area contributed by atoms with Gasteiger partial charge in [-0.1, -0.05) is 17.7 Å². The van der Waals surface area contributed by atoms with E-state index in [0.29, 0.717) is 10.7 Å². The van der Waals surface area contributed by atoms with Crippen molar-refractivity contribution in [2.75, 3.05) is 18.4 Å². The molecule has 0 unspecified atom stereocenters. The largest absolute Gasteiger partial charge is 0.341 e. The molecule has 1 aliphatic rings. The summed E-state index contributed by atoms with van der Waals surface area (Å²) in [7, 11) is 0. The Kier molecular flexibility index (Phi) is 5.44. The molecule has 0 radical (unpaired) electrons. The van der Waals surface area contributed by atoms with Crippen LogP contribution in [0, 0.1) is 0 Å². The van der Waals surface area contributed by atoms with Crippen LogP contribution in [0.3, 0.4) is 0 Å². The van der Waals surface area contributed by atoms with Crippen LogP contribution >= 0.6 is 11.6 Å². The molecule has 1 heterocycles. The summed E-state index contributed by atoms with van der Waals surface area (Å²) in [6, 6.07) is 5.92. The summed E-state index contributed by atoms with van der Waals surface area (Å²) >= 11 is 5.85. The van der Waals surface area contributed by atoms with E-state index in [4.69, 9.17) is 11.6 Å². The molecule has 5 nitrogen and oxygen atoms in total. The van der Waals surface area contributed by atoms with Gasteiger partial charge in [-0.2, -0.15) is 0 Å². The Morgan fingerprint density at radius 2 is 1.95 bits per heavy atom. The van der Waals surface area contributed by atoms with Gasteiger partial charge in [-0.15, -0.1) is 0 Å². The van der Waals surface area contributed by atoms with Crippen LogP contribution in [0.1, 0.15) is 26.2 Å². The minimum absolute atomic E-state index is 0.0315. The smallest absolute Gasteiger partial charge is 0.319 e. The van der Waals surface area contributed by atoms with Gasteiger partial charge in [-0.3, -0.25) is 4.79 Å². The molecule has 3 amide bonds. The third-order valence-corrected chi connectivity index (χ3v) is 3.70.